The Kier molecular flexibility index (Phi) is 6.31. The van der Waals surface area contributed by atoms with Gasteiger partial charge in [0.2, 0.25) is 5.91 Å². The van der Waals surface area contributed by atoms with E-state index in [-0.39, 0.29) is 17.6 Å². The van der Waals surface area contributed by atoms with Crippen molar-refractivity contribution in [3.8, 4) is 5.75 Å². The molecule has 0 saturated heterocycles. The lowest BCUT2D eigenvalue weighted by Crippen LogP contribution is -2.32. The van der Waals surface area contributed by atoms with Crippen molar-refractivity contribution >= 4 is 11.8 Å². The minimum absolute atomic E-state index is 0.0301. The van der Waals surface area contributed by atoms with Crippen LogP contribution in [0.5, 0.6) is 5.75 Å². The molecule has 2 fully saturated rings. The van der Waals surface area contributed by atoms with Crippen molar-refractivity contribution in [2.45, 2.75) is 57.2 Å². The summed E-state index contributed by atoms with van der Waals surface area (Å²) in [5.41, 5.74) is 1.68. The van der Waals surface area contributed by atoms with Crippen molar-refractivity contribution < 1.29 is 18.7 Å². The summed E-state index contributed by atoms with van der Waals surface area (Å²) < 4.78 is 18.7. The number of carbonyl (C=O) groups is 2. The molecule has 2 aromatic carbocycles. The number of benzene rings is 2. The zero-order valence-electron chi connectivity index (χ0n) is 17.0. The molecule has 0 aromatic heterocycles. The Labute approximate surface area is 176 Å². The Morgan fingerprint density at radius 1 is 1.07 bits per heavy atom. The van der Waals surface area contributed by atoms with E-state index in [1.54, 1.807) is 12.1 Å². The molecule has 0 heterocycles. The maximum Gasteiger partial charge on any atom is 0.251 e. The van der Waals surface area contributed by atoms with Crippen LogP contribution in [0, 0.1) is 5.82 Å². The summed E-state index contributed by atoms with van der Waals surface area (Å²) in [7, 11) is 0. The average molecular weight is 410 g/mol. The highest BCUT2D eigenvalue weighted by molar-refractivity contribution is 5.94. The molecule has 158 valence electrons. The number of amides is 2. The fraction of sp³-hybridized carbons (Fsp3) is 0.417. The monoisotopic (exact) mass is 410 g/mol. The predicted octanol–water partition coefficient (Wildman–Crippen LogP) is 4.07. The molecule has 0 atom stereocenters. The van der Waals surface area contributed by atoms with Crippen molar-refractivity contribution in [1.82, 2.24) is 10.2 Å². The van der Waals surface area contributed by atoms with Crippen LogP contribution in [-0.2, 0) is 11.3 Å². The Morgan fingerprint density at radius 3 is 2.50 bits per heavy atom. The maximum absolute atomic E-state index is 13.2. The van der Waals surface area contributed by atoms with Crippen molar-refractivity contribution in [1.29, 1.82) is 0 Å². The molecule has 0 radical (unpaired) electrons. The number of nitrogens with one attached hydrogen (secondary N) is 1. The molecule has 0 aliphatic heterocycles. The molecule has 5 nitrogen and oxygen atoms in total. The quantitative estimate of drug-likeness (QED) is 0.601. The van der Waals surface area contributed by atoms with Crippen LogP contribution in [0.4, 0.5) is 4.39 Å². The molecule has 1 N–H and O–H groups in total. The van der Waals surface area contributed by atoms with E-state index < -0.39 is 0 Å². The predicted molar refractivity (Wildman–Crippen MR) is 112 cm³/mol. The van der Waals surface area contributed by atoms with Crippen molar-refractivity contribution in [2.24, 2.45) is 0 Å². The summed E-state index contributed by atoms with van der Waals surface area (Å²) in [6.07, 6.45) is 5.18. The van der Waals surface area contributed by atoms with Crippen LogP contribution in [-0.4, -0.2) is 35.4 Å². The van der Waals surface area contributed by atoms with Gasteiger partial charge in [0.1, 0.15) is 11.6 Å². The highest BCUT2D eigenvalue weighted by Gasteiger charge is 2.32. The molecule has 2 aliphatic carbocycles. The Morgan fingerprint density at radius 2 is 1.83 bits per heavy atom. The third-order valence-electron chi connectivity index (χ3n) is 5.39. The van der Waals surface area contributed by atoms with E-state index in [4.69, 9.17) is 4.74 Å². The van der Waals surface area contributed by atoms with Crippen molar-refractivity contribution in [2.75, 3.05) is 6.61 Å². The molecule has 2 amide bonds. The highest BCUT2D eigenvalue weighted by Crippen LogP contribution is 2.29. The minimum Gasteiger partial charge on any atom is -0.493 e. The van der Waals surface area contributed by atoms with Crippen LogP contribution in [0.3, 0.4) is 0 Å². The second kappa shape index (κ2) is 9.28. The molecule has 0 spiro atoms. The van der Waals surface area contributed by atoms with E-state index in [9.17, 15) is 14.0 Å². The van der Waals surface area contributed by atoms with Gasteiger partial charge >= 0.3 is 0 Å². The second-order valence-corrected chi connectivity index (χ2v) is 8.11. The van der Waals surface area contributed by atoms with Gasteiger partial charge in [0.15, 0.2) is 0 Å². The molecular formula is C24H27FN2O3. The standard InChI is InChI=1S/C24H27FN2O3/c25-19-3-1-4-22(15-19)30-14-2-5-23(28)27(21-12-13-21)16-17-6-8-18(9-7-17)24(29)26-20-10-11-20/h1,3-4,6-9,15,20-21H,2,5,10-14,16H2,(H,26,29). The van der Waals surface area contributed by atoms with Gasteiger partial charge in [-0.15, -0.1) is 0 Å². The van der Waals surface area contributed by atoms with Gasteiger partial charge in [-0.2, -0.15) is 0 Å². The van der Waals surface area contributed by atoms with E-state index in [0.29, 0.717) is 49.4 Å². The topological polar surface area (TPSA) is 58.6 Å². The van der Waals surface area contributed by atoms with E-state index >= 15 is 0 Å². The first-order chi connectivity index (χ1) is 14.6. The molecule has 2 aliphatic rings. The summed E-state index contributed by atoms with van der Waals surface area (Å²) in [6.45, 7) is 0.928. The molecule has 30 heavy (non-hydrogen) atoms. The number of carbonyl (C=O) groups excluding carboxylic acids is 2. The Balaban J connectivity index is 1.25. The van der Waals surface area contributed by atoms with Gasteiger partial charge < -0.3 is 15.0 Å². The van der Waals surface area contributed by atoms with Crippen LogP contribution < -0.4 is 10.1 Å². The number of rotatable bonds is 10. The molecule has 2 saturated carbocycles. The molecule has 0 unspecified atom stereocenters. The van der Waals surface area contributed by atoms with Gasteiger partial charge in [-0.25, -0.2) is 4.39 Å². The molecule has 0 bridgehead atoms. The Hall–Kier alpha value is -2.89. The lowest BCUT2D eigenvalue weighted by molar-refractivity contribution is -0.132. The van der Waals surface area contributed by atoms with E-state index in [1.165, 1.54) is 12.1 Å². The van der Waals surface area contributed by atoms with Crippen molar-refractivity contribution in [3.63, 3.8) is 0 Å². The third-order valence-corrected chi connectivity index (χ3v) is 5.39. The van der Waals surface area contributed by atoms with Crippen LogP contribution >= 0.6 is 0 Å². The maximum atomic E-state index is 13.2. The van der Waals surface area contributed by atoms with Gasteiger partial charge in [-0.05, 0) is 61.9 Å². The van der Waals surface area contributed by atoms with Crippen LogP contribution in [0.2, 0.25) is 0 Å². The number of nitrogens with zero attached hydrogens (tertiary/aromatic N) is 1. The summed E-state index contributed by atoms with van der Waals surface area (Å²) in [6, 6.07) is 14.2. The summed E-state index contributed by atoms with van der Waals surface area (Å²) >= 11 is 0. The molecular weight excluding hydrogens is 383 g/mol. The van der Waals surface area contributed by atoms with Crippen LogP contribution in [0.1, 0.15) is 54.4 Å². The lowest BCUT2D eigenvalue weighted by Gasteiger charge is -2.23. The normalized spacial score (nSPS) is 15.5. The third kappa shape index (κ3) is 5.81. The fourth-order valence-corrected chi connectivity index (χ4v) is 3.38. The largest absolute Gasteiger partial charge is 0.493 e. The smallest absolute Gasteiger partial charge is 0.251 e. The molecule has 6 heteroatoms. The number of hydrogen-bond acceptors (Lipinski definition) is 3. The van der Waals surface area contributed by atoms with E-state index in [0.717, 1.165) is 31.2 Å². The zero-order valence-corrected chi connectivity index (χ0v) is 17.0. The molecule has 2 aromatic rings. The molecule has 4 rings (SSSR count). The number of ether oxygens (including phenoxy) is 1. The van der Waals surface area contributed by atoms with Crippen LogP contribution in [0.25, 0.3) is 0 Å². The summed E-state index contributed by atoms with van der Waals surface area (Å²) in [4.78, 5) is 26.8. The van der Waals surface area contributed by atoms with E-state index in [1.807, 2.05) is 29.2 Å². The number of halogens is 1. The fourth-order valence-electron chi connectivity index (χ4n) is 3.38. The number of hydrogen-bond donors (Lipinski definition) is 1. The first-order valence-corrected chi connectivity index (χ1v) is 10.7. The van der Waals surface area contributed by atoms with Gasteiger partial charge in [-0.3, -0.25) is 9.59 Å². The average Bonchev–Trinajstić information content (AvgIpc) is 3.65. The van der Waals surface area contributed by atoms with E-state index in [2.05, 4.69) is 5.32 Å². The van der Waals surface area contributed by atoms with Gasteiger partial charge in [-0.1, -0.05) is 18.2 Å². The lowest BCUT2D eigenvalue weighted by atomic mass is 10.1. The SMILES string of the molecule is O=C(NC1CC1)c1ccc(CN(C(=O)CCCOc2cccc(F)c2)C2CC2)cc1. The van der Waals surface area contributed by atoms with Crippen molar-refractivity contribution in [3.05, 3.63) is 65.5 Å². The van der Waals surface area contributed by atoms with Gasteiger partial charge in [0.25, 0.3) is 5.91 Å². The summed E-state index contributed by atoms with van der Waals surface area (Å²) in [5, 5.41) is 2.98. The highest BCUT2D eigenvalue weighted by atomic mass is 19.1. The Bertz CT molecular complexity index is 892. The summed E-state index contributed by atoms with van der Waals surface area (Å²) in [5.74, 6) is 0.222. The van der Waals surface area contributed by atoms with Gasteiger partial charge in [0.05, 0.1) is 6.61 Å². The van der Waals surface area contributed by atoms with Crippen LogP contribution in [0.15, 0.2) is 48.5 Å². The first-order valence-electron chi connectivity index (χ1n) is 10.7. The van der Waals surface area contributed by atoms with Gasteiger partial charge in [0, 0.05) is 36.7 Å². The second-order valence-electron chi connectivity index (χ2n) is 8.11. The minimum atomic E-state index is -0.334. The first kappa shape index (κ1) is 20.4. The zero-order chi connectivity index (χ0) is 20.9.